The number of hydrogen-bond donors (Lipinski definition) is 0. The van der Waals surface area contributed by atoms with Gasteiger partial charge in [-0.3, -0.25) is 9.59 Å². The fourth-order valence-corrected chi connectivity index (χ4v) is 5.37. The Morgan fingerprint density at radius 1 is 1.22 bits per heavy atom. The van der Waals surface area contributed by atoms with Gasteiger partial charge in [-0.05, 0) is 37.8 Å². The molecule has 1 saturated carbocycles. The summed E-state index contributed by atoms with van der Waals surface area (Å²) in [6.07, 6.45) is 4.88. The van der Waals surface area contributed by atoms with Crippen LogP contribution in [-0.2, 0) is 9.53 Å². The lowest BCUT2D eigenvalue weighted by atomic mass is 9.70. The van der Waals surface area contributed by atoms with Crippen LogP contribution in [0, 0.1) is 0 Å². The van der Waals surface area contributed by atoms with Crippen molar-refractivity contribution < 1.29 is 14.3 Å². The Hall–Kier alpha value is -1.88. The molecule has 3 aliphatic rings. The number of morpholine rings is 1. The number of carbonyl (C=O) groups is 2. The topological polar surface area (TPSA) is 49.9 Å². The molecule has 1 aromatic rings. The monoisotopic (exact) mass is 370 g/mol. The molecule has 2 amide bonds. The molecule has 5 heteroatoms. The largest absolute Gasteiger partial charge is 0.378 e. The first kappa shape index (κ1) is 18.5. The zero-order chi connectivity index (χ0) is 19.0. The molecule has 2 atom stereocenters. The molecule has 2 fully saturated rings. The predicted molar refractivity (Wildman–Crippen MR) is 104 cm³/mol. The maximum absolute atomic E-state index is 13.8. The third-order valence-electron chi connectivity index (χ3n) is 6.81. The van der Waals surface area contributed by atoms with Crippen molar-refractivity contribution in [2.24, 2.45) is 0 Å². The number of fused-ring (bicyclic) bond motifs is 1. The van der Waals surface area contributed by atoms with Crippen molar-refractivity contribution >= 4 is 11.8 Å². The number of nitrogens with zero attached hydrogens (tertiary/aromatic N) is 2. The van der Waals surface area contributed by atoms with Crippen molar-refractivity contribution in [2.75, 3.05) is 26.3 Å². The molecule has 4 rings (SSSR count). The van der Waals surface area contributed by atoms with Gasteiger partial charge < -0.3 is 14.5 Å². The third-order valence-corrected chi connectivity index (χ3v) is 6.81. The minimum atomic E-state index is -0.379. The Labute approximate surface area is 161 Å². The van der Waals surface area contributed by atoms with Crippen LogP contribution >= 0.6 is 0 Å². The molecule has 2 aliphatic heterocycles. The fraction of sp³-hybridized carbons (Fsp3) is 0.636. The second-order valence-electron chi connectivity index (χ2n) is 8.20. The van der Waals surface area contributed by atoms with Crippen molar-refractivity contribution in [1.29, 1.82) is 0 Å². The molecule has 0 unspecified atom stereocenters. The van der Waals surface area contributed by atoms with Gasteiger partial charge in [-0.15, -0.1) is 0 Å². The molecule has 1 spiro atoms. The first-order chi connectivity index (χ1) is 13.1. The van der Waals surface area contributed by atoms with E-state index in [2.05, 4.69) is 18.7 Å². The molecule has 1 aliphatic carbocycles. The van der Waals surface area contributed by atoms with E-state index < -0.39 is 0 Å². The molecule has 5 nitrogen and oxygen atoms in total. The number of ether oxygens (including phenoxy) is 1. The minimum absolute atomic E-state index is 0.105. The number of rotatable bonds is 3. The molecular weight excluding hydrogens is 340 g/mol. The van der Waals surface area contributed by atoms with E-state index in [1.165, 1.54) is 0 Å². The standard InChI is InChI=1S/C22H30N2O3/c1-3-16(2)24-20(25)18-9-5-4-8-17(18)19(22(24)10-6-7-11-22)21(26)23-12-14-27-15-13-23/h4-5,8-9,16,19H,3,6-7,10-15H2,1-2H3/t16-,19+/m1/s1. The summed E-state index contributed by atoms with van der Waals surface area (Å²) in [6, 6.07) is 7.91. The van der Waals surface area contributed by atoms with Gasteiger partial charge in [0.2, 0.25) is 5.91 Å². The van der Waals surface area contributed by atoms with E-state index in [1.807, 2.05) is 29.2 Å². The van der Waals surface area contributed by atoms with Crippen LogP contribution in [0.4, 0.5) is 0 Å². The van der Waals surface area contributed by atoms with Crippen molar-refractivity contribution in [1.82, 2.24) is 9.80 Å². The van der Waals surface area contributed by atoms with Gasteiger partial charge in [-0.1, -0.05) is 38.0 Å². The van der Waals surface area contributed by atoms with E-state index in [-0.39, 0.29) is 29.3 Å². The van der Waals surface area contributed by atoms with Crippen molar-refractivity contribution in [3.8, 4) is 0 Å². The van der Waals surface area contributed by atoms with E-state index in [1.54, 1.807) is 0 Å². The molecule has 0 aromatic heterocycles. The molecule has 1 aromatic carbocycles. The predicted octanol–water partition coefficient (Wildman–Crippen LogP) is 3.20. The molecule has 0 N–H and O–H groups in total. The number of amides is 2. The summed E-state index contributed by atoms with van der Waals surface area (Å²) in [7, 11) is 0. The first-order valence-electron chi connectivity index (χ1n) is 10.4. The van der Waals surface area contributed by atoms with Crippen LogP contribution in [0.25, 0.3) is 0 Å². The Morgan fingerprint density at radius 3 is 2.56 bits per heavy atom. The lowest BCUT2D eigenvalue weighted by molar-refractivity contribution is -0.141. The molecule has 0 radical (unpaired) electrons. The lowest BCUT2D eigenvalue weighted by Gasteiger charge is -2.53. The highest BCUT2D eigenvalue weighted by atomic mass is 16.5. The van der Waals surface area contributed by atoms with Gasteiger partial charge in [-0.25, -0.2) is 0 Å². The quantitative estimate of drug-likeness (QED) is 0.821. The van der Waals surface area contributed by atoms with Gasteiger partial charge in [0.05, 0.1) is 24.7 Å². The zero-order valence-electron chi connectivity index (χ0n) is 16.4. The van der Waals surface area contributed by atoms with Crippen LogP contribution < -0.4 is 0 Å². The van der Waals surface area contributed by atoms with Crippen LogP contribution in [0.2, 0.25) is 0 Å². The minimum Gasteiger partial charge on any atom is -0.378 e. The Morgan fingerprint density at radius 2 is 1.89 bits per heavy atom. The SMILES string of the molecule is CC[C@@H](C)N1C(=O)c2ccccc2[C@@H](C(=O)N2CCOCC2)C12CCCC2. The van der Waals surface area contributed by atoms with Crippen molar-refractivity contribution in [3.63, 3.8) is 0 Å². The van der Waals surface area contributed by atoms with Gasteiger partial charge in [0.1, 0.15) is 0 Å². The van der Waals surface area contributed by atoms with E-state index >= 15 is 0 Å². The molecule has 27 heavy (non-hydrogen) atoms. The van der Waals surface area contributed by atoms with Gasteiger partial charge in [-0.2, -0.15) is 0 Å². The van der Waals surface area contributed by atoms with E-state index in [9.17, 15) is 9.59 Å². The molecule has 2 heterocycles. The third kappa shape index (κ3) is 2.87. The average molecular weight is 370 g/mol. The molecule has 0 bridgehead atoms. The summed E-state index contributed by atoms with van der Waals surface area (Å²) in [5, 5.41) is 0. The van der Waals surface area contributed by atoms with Crippen LogP contribution in [0.5, 0.6) is 0 Å². The highest BCUT2D eigenvalue weighted by Gasteiger charge is 2.57. The average Bonchev–Trinajstić information content (AvgIpc) is 3.18. The maximum Gasteiger partial charge on any atom is 0.254 e. The summed E-state index contributed by atoms with van der Waals surface area (Å²) in [4.78, 5) is 31.3. The maximum atomic E-state index is 13.8. The summed E-state index contributed by atoms with van der Waals surface area (Å²) < 4.78 is 5.46. The zero-order valence-corrected chi connectivity index (χ0v) is 16.4. The van der Waals surface area contributed by atoms with Crippen LogP contribution in [0.1, 0.15) is 67.8 Å². The van der Waals surface area contributed by atoms with Crippen LogP contribution in [0.3, 0.4) is 0 Å². The molecule has 1 saturated heterocycles. The molecular formula is C22H30N2O3. The second-order valence-corrected chi connectivity index (χ2v) is 8.20. The Kier molecular flexibility index (Phi) is 4.97. The smallest absolute Gasteiger partial charge is 0.254 e. The second kappa shape index (κ2) is 7.27. The lowest BCUT2D eigenvalue weighted by Crippen LogP contribution is -2.63. The van der Waals surface area contributed by atoms with E-state index in [4.69, 9.17) is 4.74 Å². The van der Waals surface area contributed by atoms with Crippen LogP contribution in [0.15, 0.2) is 24.3 Å². The van der Waals surface area contributed by atoms with Crippen LogP contribution in [-0.4, -0.2) is 59.5 Å². The van der Waals surface area contributed by atoms with Crippen molar-refractivity contribution in [3.05, 3.63) is 35.4 Å². The summed E-state index contributed by atoms with van der Waals surface area (Å²) in [5.74, 6) is 0.0160. The van der Waals surface area contributed by atoms with E-state index in [0.717, 1.165) is 37.7 Å². The Bertz CT molecular complexity index is 720. The summed E-state index contributed by atoms with van der Waals surface area (Å²) >= 11 is 0. The molecule has 146 valence electrons. The van der Waals surface area contributed by atoms with Gasteiger partial charge in [0.15, 0.2) is 0 Å². The van der Waals surface area contributed by atoms with Crippen molar-refractivity contribution in [2.45, 2.75) is 63.5 Å². The summed E-state index contributed by atoms with van der Waals surface area (Å²) in [5.41, 5.74) is 1.26. The highest BCUT2D eigenvalue weighted by molar-refractivity contribution is 6.02. The summed E-state index contributed by atoms with van der Waals surface area (Å²) in [6.45, 7) is 6.74. The van der Waals surface area contributed by atoms with Gasteiger partial charge >= 0.3 is 0 Å². The highest BCUT2D eigenvalue weighted by Crippen LogP contribution is 2.52. The normalized spacial score (nSPS) is 25.6. The number of benzene rings is 1. The first-order valence-corrected chi connectivity index (χ1v) is 10.4. The van der Waals surface area contributed by atoms with Gasteiger partial charge in [0.25, 0.3) is 5.91 Å². The number of carbonyl (C=O) groups excluding carboxylic acids is 2. The number of hydrogen-bond acceptors (Lipinski definition) is 3. The van der Waals surface area contributed by atoms with E-state index in [0.29, 0.717) is 31.9 Å². The van der Waals surface area contributed by atoms with Gasteiger partial charge in [0, 0.05) is 24.7 Å². The fourth-order valence-electron chi connectivity index (χ4n) is 5.37. The Balaban J connectivity index is 1.85.